The quantitative estimate of drug-likeness (QED) is 0.212. The summed E-state index contributed by atoms with van der Waals surface area (Å²) in [6.45, 7) is 2.89. The number of nitrogens with two attached hydrogens (primary N) is 1. The number of nitrogens with zero attached hydrogens (tertiary/aromatic N) is 5. The maximum Gasteiger partial charge on any atom is 0.262 e. The highest BCUT2D eigenvalue weighted by Gasteiger charge is 2.16. The summed E-state index contributed by atoms with van der Waals surface area (Å²) in [4.78, 5) is 18.3. The summed E-state index contributed by atoms with van der Waals surface area (Å²) in [6.07, 6.45) is 0. The molecule has 9 nitrogen and oxygen atoms in total. The fourth-order valence-electron chi connectivity index (χ4n) is 3.87. The molecule has 3 aromatic carbocycles. The molecule has 0 aliphatic carbocycles. The van der Waals surface area contributed by atoms with Crippen molar-refractivity contribution in [2.75, 3.05) is 0 Å². The van der Waals surface area contributed by atoms with Crippen LogP contribution in [0.4, 0.5) is 0 Å². The van der Waals surface area contributed by atoms with Crippen molar-refractivity contribution in [3.8, 4) is 5.75 Å². The number of ether oxygens (including phenoxy) is 1. The highest BCUT2D eigenvalue weighted by molar-refractivity contribution is 5.97. The summed E-state index contributed by atoms with van der Waals surface area (Å²) >= 11 is 0. The topological polar surface area (TPSA) is 109 Å². The molecule has 9 heteroatoms. The number of aryl methyl sites for hydroxylation is 1. The number of para-hydroxylation sites is 1. The Labute approximate surface area is 201 Å². The minimum atomic E-state index is -0.103. The average molecular weight is 469 g/mol. The highest BCUT2D eigenvalue weighted by Crippen LogP contribution is 2.16. The van der Waals surface area contributed by atoms with Gasteiger partial charge in [0, 0.05) is 12.1 Å². The molecule has 0 unspecified atom stereocenters. The van der Waals surface area contributed by atoms with Gasteiger partial charge in [0.1, 0.15) is 12.4 Å². The Bertz CT molecular complexity index is 1560. The molecule has 0 aliphatic rings. The number of aromatic nitrogens is 4. The summed E-state index contributed by atoms with van der Waals surface area (Å²) in [6, 6.07) is 24.6. The smallest absolute Gasteiger partial charge is 0.262 e. The molecule has 0 fully saturated rings. The number of amidine groups is 1. The van der Waals surface area contributed by atoms with Gasteiger partial charge < -0.3 is 15.3 Å². The second kappa shape index (κ2) is 9.68. The first-order chi connectivity index (χ1) is 17.2. The van der Waals surface area contributed by atoms with Gasteiger partial charge in [0.2, 0.25) is 5.78 Å². The standard InChI is InChI=1S/C26H24N6O3/c1-2-31-25(33)21-10-6-7-11-22(21)32-23(28-29-26(31)32)17-35-30-24(27)19-12-14-20(15-13-19)34-16-18-8-4-3-5-9-18/h3-15H,2,16-17H2,1H3,(H2,27,30). The second-order valence-corrected chi connectivity index (χ2v) is 7.87. The Morgan fingerprint density at radius 1 is 0.943 bits per heavy atom. The summed E-state index contributed by atoms with van der Waals surface area (Å²) < 4.78 is 9.20. The van der Waals surface area contributed by atoms with Crippen LogP contribution in [0, 0.1) is 0 Å². The van der Waals surface area contributed by atoms with Crippen molar-refractivity contribution in [1.82, 2.24) is 19.2 Å². The van der Waals surface area contributed by atoms with E-state index in [0.29, 0.717) is 41.2 Å². The van der Waals surface area contributed by atoms with Crippen molar-refractivity contribution in [2.24, 2.45) is 10.9 Å². The van der Waals surface area contributed by atoms with Crippen LogP contribution in [0.15, 0.2) is 88.8 Å². The van der Waals surface area contributed by atoms with Gasteiger partial charge in [-0.05, 0) is 48.9 Å². The predicted octanol–water partition coefficient (Wildman–Crippen LogP) is 3.48. The third-order valence-electron chi connectivity index (χ3n) is 5.65. The molecule has 0 spiro atoms. The first-order valence-electron chi connectivity index (χ1n) is 11.2. The Balaban J connectivity index is 1.31. The largest absolute Gasteiger partial charge is 0.489 e. The van der Waals surface area contributed by atoms with E-state index < -0.39 is 0 Å². The van der Waals surface area contributed by atoms with Crippen molar-refractivity contribution in [2.45, 2.75) is 26.7 Å². The molecule has 0 radical (unpaired) electrons. The normalized spacial score (nSPS) is 11.7. The molecule has 0 atom stereocenters. The SMILES string of the molecule is CCn1c(=O)c2ccccc2n2c(CO/N=C(/N)c3ccc(OCc4ccccc4)cc3)nnc12. The van der Waals surface area contributed by atoms with Crippen LogP contribution in [0.2, 0.25) is 0 Å². The first kappa shape index (κ1) is 22.1. The van der Waals surface area contributed by atoms with Crippen molar-refractivity contribution >= 4 is 22.5 Å². The van der Waals surface area contributed by atoms with Gasteiger partial charge in [-0.2, -0.15) is 0 Å². The number of oxime groups is 1. The van der Waals surface area contributed by atoms with Gasteiger partial charge in [0.15, 0.2) is 18.3 Å². The van der Waals surface area contributed by atoms with E-state index in [9.17, 15) is 4.79 Å². The van der Waals surface area contributed by atoms with Crippen molar-refractivity contribution in [1.29, 1.82) is 0 Å². The molecule has 0 amide bonds. The highest BCUT2D eigenvalue weighted by atomic mass is 16.6. The van der Waals surface area contributed by atoms with Crippen molar-refractivity contribution in [3.63, 3.8) is 0 Å². The Kier molecular flexibility index (Phi) is 6.13. The average Bonchev–Trinajstić information content (AvgIpc) is 3.32. The Morgan fingerprint density at radius 2 is 1.69 bits per heavy atom. The van der Waals surface area contributed by atoms with Gasteiger partial charge >= 0.3 is 0 Å². The lowest BCUT2D eigenvalue weighted by molar-refractivity contribution is 0.124. The lowest BCUT2D eigenvalue weighted by atomic mass is 10.2. The van der Waals surface area contributed by atoms with E-state index in [1.54, 1.807) is 10.6 Å². The number of hydrogen-bond donors (Lipinski definition) is 1. The molecule has 0 bridgehead atoms. The first-order valence-corrected chi connectivity index (χ1v) is 11.2. The maximum absolute atomic E-state index is 12.8. The molecule has 2 aromatic heterocycles. The van der Waals surface area contributed by atoms with Crippen molar-refractivity contribution in [3.05, 3.63) is 106 Å². The minimum absolute atomic E-state index is 0.0338. The van der Waals surface area contributed by atoms with Gasteiger partial charge in [0.25, 0.3) is 5.56 Å². The van der Waals surface area contributed by atoms with E-state index in [-0.39, 0.29) is 18.0 Å². The van der Waals surface area contributed by atoms with Gasteiger partial charge in [-0.25, -0.2) is 0 Å². The number of benzene rings is 3. The van der Waals surface area contributed by atoms with Crippen LogP contribution in [0.25, 0.3) is 16.7 Å². The second-order valence-electron chi connectivity index (χ2n) is 7.87. The van der Waals surface area contributed by atoms with Crippen LogP contribution in [0.5, 0.6) is 5.75 Å². The molecule has 2 heterocycles. The lowest BCUT2D eigenvalue weighted by Crippen LogP contribution is -2.22. The van der Waals surface area contributed by atoms with Crippen LogP contribution >= 0.6 is 0 Å². The van der Waals surface area contributed by atoms with Crippen LogP contribution in [-0.2, 0) is 24.6 Å². The van der Waals surface area contributed by atoms with Crippen LogP contribution in [0.1, 0.15) is 23.9 Å². The molecule has 0 aliphatic heterocycles. The van der Waals surface area contributed by atoms with Gasteiger partial charge in [-0.15, -0.1) is 10.2 Å². The van der Waals surface area contributed by atoms with Crippen LogP contribution in [0.3, 0.4) is 0 Å². The zero-order chi connectivity index (χ0) is 24.2. The molecule has 2 N–H and O–H groups in total. The molecular formula is C26H24N6O3. The van der Waals surface area contributed by atoms with E-state index in [1.807, 2.05) is 84.1 Å². The lowest BCUT2D eigenvalue weighted by Gasteiger charge is -2.09. The molecular weight excluding hydrogens is 444 g/mol. The number of hydrogen-bond acceptors (Lipinski definition) is 6. The molecule has 0 saturated heterocycles. The zero-order valence-electron chi connectivity index (χ0n) is 19.2. The monoisotopic (exact) mass is 468 g/mol. The van der Waals surface area contributed by atoms with Crippen LogP contribution < -0.4 is 16.0 Å². The van der Waals surface area contributed by atoms with Crippen molar-refractivity contribution < 1.29 is 9.57 Å². The van der Waals surface area contributed by atoms with E-state index in [1.165, 1.54) is 0 Å². The molecule has 5 rings (SSSR count). The summed E-state index contributed by atoms with van der Waals surface area (Å²) in [5, 5.41) is 13.1. The molecule has 176 valence electrons. The van der Waals surface area contributed by atoms with E-state index in [4.69, 9.17) is 15.3 Å². The fraction of sp³-hybridized carbons (Fsp3) is 0.154. The number of fused-ring (bicyclic) bond motifs is 3. The summed E-state index contributed by atoms with van der Waals surface area (Å²) in [5.41, 5.74) is 8.52. The Morgan fingerprint density at radius 3 is 2.46 bits per heavy atom. The minimum Gasteiger partial charge on any atom is -0.489 e. The molecule has 5 aromatic rings. The van der Waals surface area contributed by atoms with E-state index in [0.717, 1.165) is 11.3 Å². The van der Waals surface area contributed by atoms with Gasteiger partial charge in [-0.3, -0.25) is 13.8 Å². The zero-order valence-corrected chi connectivity index (χ0v) is 19.2. The van der Waals surface area contributed by atoms with E-state index >= 15 is 0 Å². The van der Waals surface area contributed by atoms with Gasteiger partial charge in [-0.1, -0.05) is 47.6 Å². The molecule has 0 saturated carbocycles. The fourth-order valence-corrected chi connectivity index (χ4v) is 3.87. The summed E-state index contributed by atoms with van der Waals surface area (Å²) in [7, 11) is 0. The number of rotatable bonds is 8. The summed E-state index contributed by atoms with van der Waals surface area (Å²) in [5.74, 6) is 1.93. The maximum atomic E-state index is 12.8. The van der Waals surface area contributed by atoms with Crippen LogP contribution in [-0.4, -0.2) is 25.0 Å². The predicted molar refractivity (Wildman–Crippen MR) is 133 cm³/mol. The Hall–Kier alpha value is -4.66. The molecule has 35 heavy (non-hydrogen) atoms. The third kappa shape index (κ3) is 4.43. The van der Waals surface area contributed by atoms with E-state index in [2.05, 4.69) is 15.4 Å². The third-order valence-corrected chi connectivity index (χ3v) is 5.65. The van der Waals surface area contributed by atoms with Gasteiger partial charge in [0.05, 0.1) is 10.9 Å².